The van der Waals surface area contributed by atoms with Crippen LogP contribution in [0.2, 0.25) is 10.0 Å². The smallest absolute Gasteiger partial charge is 0.166 e. The van der Waals surface area contributed by atoms with E-state index in [2.05, 4.69) is 0 Å². The van der Waals surface area contributed by atoms with E-state index >= 15 is 0 Å². The molecule has 0 aliphatic heterocycles. The molecule has 2 aromatic rings. The molecule has 0 bridgehead atoms. The van der Waals surface area contributed by atoms with Gasteiger partial charge in [0.2, 0.25) is 0 Å². The van der Waals surface area contributed by atoms with Crippen LogP contribution in [0.3, 0.4) is 0 Å². The van der Waals surface area contributed by atoms with E-state index < -0.39 is 11.7 Å². The minimum absolute atomic E-state index is 0.486. The Morgan fingerprint density at radius 2 is 1.45 bits per heavy atom. The van der Waals surface area contributed by atoms with Crippen LogP contribution in [0.15, 0.2) is 46.2 Å². The molecule has 0 aromatic heterocycles. The van der Waals surface area contributed by atoms with Crippen molar-refractivity contribution in [2.24, 2.45) is 0 Å². The molecule has 0 aliphatic carbocycles. The van der Waals surface area contributed by atoms with Crippen molar-refractivity contribution in [3.63, 3.8) is 0 Å². The van der Waals surface area contributed by atoms with Crippen LogP contribution in [-0.2, 0) is 6.18 Å². The van der Waals surface area contributed by atoms with Gasteiger partial charge in [-0.25, -0.2) is 0 Å². The molecule has 6 heteroatoms. The second-order valence-electron chi connectivity index (χ2n) is 4.18. The van der Waals surface area contributed by atoms with Crippen LogP contribution < -0.4 is 0 Å². The van der Waals surface area contributed by atoms with Crippen molar-refractivity contribution in [1.29, 1.82) is 0 Å². The molecule has 0 unspecified atom stereocenters. The topological polar surface area (TPSA) is 0 Å². The van der Waals surface area contributed by atoms with Gasteiger partial charge in [0.15, 0.2) is 0 Å². The lowest BCUT2D eigenvalue weighted by molar-refractivity contribution is -0.137. The zero-order chi connectivity index (χ0) is 14.9. The monoisotopic (exact) mass is 336 g/mol. The van der Waals surface area contributed by atoms with Gasteiger partial charge in [-0.2, -0.15) is 13.2 Å². The van der Waals surface area contributed by atoms with Crippen molar-refractivity contribution in [3.8, 4) is 0 Å². The second-order valence-corrected chi connectivity index (χ2v) is 6.08. The van der Waals surface area contributed by atoms with Crippen molar-refractivity contribution >= 4 is 35.0 Å². The molecule has 0 heterocycles. The number of rotatable bonds is 2. The zero-order valence-electron chi connectivity index (χ0n) is 10.3. The fourth-order valence-electron chi connectivity index (χ4n) is 1.61. The first-order valence-corrected chi connectivity index (χ1v) is 7.15. The standard InChI is InChI=1S/C14H9Cl2F3S/c1-8-6-11(15)13(12(16)7-8)20-10-4-2-9(3-5-10)14(17,18)19/h2-7H,1H3. The molecular formula is C14H9Cl2F3S. The third-order valence-electron chi connectivity index (χ3n) is 2.54. The van der Waals surface area contributed by atoms with Gasteiger partial charge in [-0.05, 0) is 48.9 Å². The molecule has 106 valence electrons. The van der Waals surface area contributed by atoms with Crippen molar-refractivity contribution in [3.05, 3.63) is 57.6 Å². The molecule has 0 fully saturated rings. The predicted octanol–water partition coefficient (Wildman–Crippen LogP) is 6.47. The summed E-state index contributed by atoms with van der Waals surface area (Å²) >= 11 is 13.4. The Morgan fingerprint density at radius 3 is 1.90 bits per heavy atom. The van der Waals surface area contributed by atoms with E-state index in [-0.39, 0.29) is 0 Å². The second kappa shape index (κ2) is 5.88. The predicted molar refractivity (Wildman–Crippen MR) is 76.8 cm³/mol. The highest BCUT2D eigenvalue weighted by Crippen LogP contribution is 2.40. The number of hydrogen-bond acceptors (Lipinski definition) is 1. The lowest BCUT2D eigenvalue weighted by atomic mass is 10.2. The molecule has 2 rings (SSSR count). The van der Waals surface area contributed by atoms with E-state index in [1.165, 1.54) is 23.9 Å². The summed E-state index contributed by atoms with van der Waals surface area (Å²) in [5, 5.41) is 0.972. The Bertz CT molecular complexity index is 598. The molecule has 0 aliphatic rings. The van der Waals surface area contributed by atoms with Gasteiger partial charge in [0.1, 0.15) is 0 Å². The number of benzene rings is 2. The molecule has 0 saturated carbocycles. The van der Waals surface area contributed by atoms with Gasteiger partial charge in [-0.15, -0.1) is 0 Å². The number of hydrogen-bond donors (Lipinski definition) is 0. The Kier molecular flexibility index (Phi) is 4.57. The van der Waals surface area contributed by atoms with E-state index in [0.29, 0.717) is 19.8 Å². The highest BCUT2D eigenvalue weighted by atomic mass is 35.5. The van der Waals surface area contributed by atoms with Crippen LogP contribution in [-0.4, -0.2) is 0 Å². The van der Waals surface area contributed by atoms with Gasteiger partial charge in [0.25, 0.3) is 0 Å². The van der Waals surface area contributed by atoms with E-state index in [0.717, 1.165) is 17.7 Å². The third-order valence-corrected chi connectivity index (χ3v) is 4.52. The fraction of sp³-hybridized carbons (Fsp3) is 0.143. The van der Waals surface area contributed by atoms with Crippen LogP contribution in [0, 0.1) is 6.92 Å². The van der Waals surface area contributed by atoms with Gasteiger partial charge < -0.3 is 0 Å². The van der Waals surface area contributed by atoms with Crippen LogP contribution >= 0.6 is 35.0 Å². The summed E-state index contributed by atoms with van der Waals surface area (Å²) in [5.74, 6) is 0. The van der Waals surface area contributed by atoms with Crippen molar-refractivity contribution in [2.45, 2.75) is 22.9 Å². The average molecular weight is 337 g/mol. The lowest BCUT2D eigenvalue weighted by Crippen LogP contribution is -2.03. The van der Waals surface area contributed by atoms with E-state index in [1.54, 1.807) is 12.1 Å². The van der Waals surface area contributed by atoms with Gasteiger partial charge in [-0.3, -0.25) is 0 Å². The van der Waals surface area contributed by atoms with Crippen molar-refractivity contribution in [2.75, 3.05) is 0 Å². The van der Waals surface area contributed by atoms with Crippen molar-refractivity contribution < 1.29 is 13.2 Å². The maximum absolute atomic E-state index is 12.5. The average Bonchev–Trinajstić information content (AvgIpc) is 2.33. The molecule has 0 amide bonds. The Hall–Kier alpha value is -0.840. The van der Waals surface area contributed by atoms with E-state index in [9.17, 15) is 13.2 Å². The molecular weight excluding hydrogens is 328 g/mol. The van der Waals surface area contributed by atoms with Crippen molar-refractivity contribution in [1.82, 2.24) is 0 Å². The van der Waals surface area contributed by atoms with Crippen LogP contribution in [0.1, 0.15) is 11.1 Å². The zero-order valence-corrected chi connectivity index (χ0v) is 12.6. The first kappa shape index (κ1) is 15.5. The molecule has 2 aromatic carbocycles. The molecule has 0 N–H and O–H groups in total. The third kappa shape index (κ3) is 3.62. The number of halogens is 5. The summed E-state index contributed by atoms with van der Waals surface area (Å²) in [4.78, 5) is 1.28. The lowest BCUT2D eigenvalue weighted by Gasteiger charge is -2.10. The molecule has 0 saturated heterocycles. The van der Waals surface area contributed by atoms with Crippen LogP contribution in [0.25, 0.3) is 0 Å². The molecule has 0 nitrogen and oxygen atoms in total. The Labute approximate surface area is 128 Å². The van der Waals surface area contributed by atoms with Gasteiger partial charge in [0, 0.05) is 9.79 Å². The van der Waals surface area contributed by atoms with Gasteiger partial charge in [-0.1, -0.05) is 35.0 Å². The maximum Gasteiger partial charge on any atom is 0.416 e. The summed E-state index contributed by atoms with van der Waals surface area (Å²) < 4.78 is 37.4. The summed E-state index contributed by atoms with van der Waals surface area (Å²) in [6.07, 6.45) is -4.33. The van der Waals surface area contributed by atoms with Gasteiger partial charge in [0.05, 0.1) is 15.6 Å². The largest absolute Gasteiger partial charge is 0.416 e. The van der Waals surface area contributed by atoms with Crippen LogP contribution in [0.5, 0.6) is 0 Å². The minimum Gasteiger partial charge on any atom is -0.166 e. The minimum atomic E-state index is -4.33. The molecule has 0 atom stereocenters. The summed E-state index contributed by atoms with van der Waals surface area (Å²) in [7, 11) is 0. The molecule has 0 spiro atoms. The summed E-state index contributed by atoms with van der Waals surface area (Å²) in [6, 6.07) is 8.41. The number of aryl methyl sites for hydroxylation is 1. The molecule has 0 radical (unpaired) electrons. The quantitative estimate of drug-likeness (QED) is 0.605. The first-order chi connectivity index (χ1) is 9.27. The first-order valence-electron chi connectivity index (χ1n) is 5.58. The highest BCUT2D eigenvalue weighted by Gasteiger charge is 2.30. The van der Waals surface area contributed by atoms with E-state index in [4.69, 9.17) is 23.2 Å². The Balaban J connectivity index is 2.27. The fourth-order valence-corrected chi connectivity index (χ4v) is 3.26. The maximum atomic E-state index is 12.5. The molecule has 20 heavy (non-hydrogen) atoms. The SMILES string of the molecule is Cc1cc(Cl)c(Sc2ccc(C(F)(F)F)cc2)c(Cl)c1. The van der Waals surface area contributed by atoms with Gasteiger partial charge >= 0.3 is 6.18 Å². The Morgan fingerprint density at radius 1 is 0.950 bits per heavy atom. The number of alkyl halides is 3. The summed E-state index contributed by atoms with van der Waals surface area (Å²) in [5.41, 5.74) is 0.250. The van der Waals surface area contributed by atoms with E-state index in [1.807, 2.05) is 6.92 Å². The van der Waals surface area contributed by atoms with Crippen LogP contribution in [0.4, 0.5) is 13.2 Å². The summed E-state index contributed by atoms with van der Waals surface area (Å²) in [6.45, 7) is 1.87. The highest BCUT2D eigenvalue weighted by molar-refractivity contribution is 7.99. The normalized spacial score (nSPS) is 11.7.